The minimum absolute atomic E-state index is 0.212. The van der Waals surface area contributed by atoms with Gasteiger partial charge in [0.05, 0.1) is 12.1 Å². The number of piperidine rings is 1. The molecule has 1 amide bonds. The zero-order valence-electron chi connectivity index (χ0n) is 13.3. The molecular weight excluding hydrogens is 262 g/mol. The number of aryl methyl sites for hydroxylation is 1. The van der Waals surface area contributed by atoms with Crippen molar-refractivity contribution in [3.05, 3.63) is 29.6 Å². The Morgan fingerprint density at radius 2 is 2.38 bits per heavy atom. The van der Waals surface area contributed by atoms with E-state index in [9.17, 15) is 4.79 Å². The summed E-state index contributed by atoms with van der Waals surface area (Å²) < 4.78 is 0. The van der Waals surface area contributed by atoms with Gasteiger partial charge in [0.15, 0.2) is 0 Å². The molecule has 0 bridgehead atoms. The molecule has 0 spiro atoms. The minimum atomic E-state index is 0.212. The molecule has 1 atom stereocenters. The lowest BCUT2D eigenvalue weighted by Crippen LogP contribution is -2.42. The number of carbonyl (C=O) groups is 1. The van der Waals surface area contributed by atoms with Crippen molar-refractivity contribution in [1.29, 1.82) is 0 Å². The molecule has 0 radical (unpaired) electrons. The van der Waals surface area contributed by atoms with Gasteiger partial charge in [-0.1, -0.05) is 13.0 Å². The summed E-state index contributed by atoms with van der Waals surface area (Å²) in [5.41, 5.74) is 2.01. The molecule has 1 unspecified atom stereocenters. The Labute approximate surface area is 127 Å². The molecule has 4 nitrogen and oxygen atoms in total. The van der Waals surface area contributed by atoms with Crippen molar-refractivity contribution < 1.29 is 4.79 Å². The Morgan fingerprint density at radius 3 is 3.05 bits per heavy atom. The summed E-state index contributed by atoms with van der Waals surface area (Å²) in [5, 5.41) is 3.43. The molecule has 2 rings (SSSR count). The maximum Gasteiger partial charge on any atom is 0.228 e. The first kappa shape index (κ1) is 16.0. The zero-order chi connectivity index (χ0) is 15.1. The smallest absolute Gasteiger partial charge is 0.228 e. The summed E-state index contributed by atoms with van der Waals surface area (Å²) in [6.07, 6.45) is 5.64. The lowest BCUT2D eigenvalue weighted by Gasteiger charge is -2.30. The SMILES string of the molecule is CCCN(CC1CCCNC1)C(=O)Cc1ncccc1C. The van der Waals surface area contributed by atoms with Crippen LogP contribution in [-0.4, -0.2) is 42.0 Å². The van der Waals surface area contributed by atoms with Gasteiger partial charge in [0.25, 0.3) is 0 Å². The van der Waals surface area contributed by atoms with E-state index in [1.807, 2.05) is 24.0 Å². The summed E-state index contributed by atoms with van der Waals surface area (Å²) in [6.45, 7) is 8.03. The van der Waals surface area contributed by atoms with Gasteiger partial charge in [-0.15, -0.1) is 0 Å². The fourth-order valence-corrected chi connectivity index (χ4v) is 2.94. The first-order valence-corrected chi connectivity index (χ1v) is 8.09. The molecule has 1 N–H and O–H groups in total. The number of carbonyl (C=O) groups excluding carboxylic acids is 1. The highest BCUT2D eigenvalue weighted by molar-refractivity contribution is 5.78. The van der Waals surface area contributed by atoms with Crippen LogP contribution in [0.4, 0.5) is 0 Å². The molecule has 1 aromatic heterocycles. The van der Waals surface area contributed by atoms with Crippen molar-refractivity contribution in [2.24, 2.45) is 5.92 Å². The topological polar surface area (TPSA) is 45.2 Å². The van der Waals surface area contributed by atoms with Gasteiger partial charge in [-0.2, -0.15) is 0 Å². The second-order valence-electron chi connectivity index (χ2n) is 6.00. The molecule has 1 aromatic rings. The molecule has 0 saturated carbocycles. The standard InChI is InChI=1S/C17H27N3O/c1-3-10-20(13-15-7-5-8-18-12-15)17(21)11-16-14(2)6-4-9-19-16/h4,6,9,15,18H,3,5,7-8,10-13H2,1-2H3. The fraction of sp³-hybridized carbons (Fsp3) is 0.647. The molecule has 2 heterocycles. The Morgan fingerprint density at radius 1 is 1.52 bits per heavy atom. The van der Waals surface area contributed by atoms with Crippen molar-refractivity contribution in [3.63, 3.8) is 0 Å². The Kier molecular flexibility index (Phi) is 6.18. The van der Waals surface area contributed by atoms with Crippen LogP contribution >= 0.6 is 0 Å². The molecule has 1 aliphatic rings. The second-order valence-corrected chi connectivity index (χ2v) is 6.00. The molecule has 21 heavy (non-hydrogen) atoms. The third-order valence-corrected chi connectivity index (χ3v) is 4.16. The van der Waals surface area contributed by atoms with E-state index < -0.39 is 0 Å². The van der Waals surface area contributed by atoms with Crippen molar-refractivity contribution in [1.82, 2.24) is 15.2 Å². The van der Waals surface area contributed by atoms with Crippen LogP contribution < -0.4 is 5.32 Å². The van der Waals surface area contributed by atoms with E-state index in [4.69, 9.17) is 0 Å². The van der Waals surface area contributed by atoms with Gasteiger partial charge in [0, 0.05) is 19.3 Å². The quantitative estimate of drug-likeness (QED) is 0.873. The van der Waals surface area contributed by atoms with Crippen LogP contribution in [0.25, 0.3) is 0 Å². The van der Waals surface area contributed by atoms with Crippen molar-refractivity contribution in [3.8, 4) is 0 Å². The molecule has 0 aromatic carbocycles. The average molecular weight is 289 g/mol. The van der Waals surface area contributed by atoms with Gasteiger partial charge in [-0.05, 0) is 56.8 Å². The number of pyridine rings is 1. The van der Waals surface area contributed by atoms with Crippen LogP contribution in [0.3, 0.4) is 0 Å². The zero-order valence-corrected chi connectivity index (χ0v) is 13.3. The third-order valence-electron chi connectivity index (χ3n) is 4.16. The summed E-state index contributed by atoms with van der Waals surface area (Å²) >= 11 is 0. The van der Waals surface area contributed by atoms with Crippen LogP contribution in [0.1, 0.15) is 37.4 Å². The highest BCUT2D eigenvalue weighted by atomic mass is 16.2. The minimum Gasteiger partial charge on any atom is -0.342 e. The summed E-state index contributed by atoms with van der Waals surface area (Å²) in [7, 11) is 0. The third kappa shape index (κ3) is 4.81. The lowest BCUT2D eigenvalue weighted by atomic mass is 9.98. The number of hydrogen-bond acceptors (Lipinski definition) is 3. The maximum atomic E-state index is 12.6. The van der Waals surface area contributed by atoms with E-state index in [0.717, 1.165) is 43.9 Å². The van der Waals surface area contributed by atoms with Crippen LogP contribution in [0.2, 0.25) is 0 Å². The van der Waals surface area contributed by atoms with Gasteiger partial charge >= 0.3 is 0 Å². The average Bonchev–Trinajstić information content (AvgIpc) is 2.50. The molecule has 116 valence electrons. The predicted molar refractivity (Wildman–Crippen MR) is 85.1 cm³/mol. The summed E-state index contributed by atoms with van der Waals surface area (Å²) in [6, 6.07) is 3.94. The van der Waals surface area contributed by atoms with E-state index in [-0.39, 0.29) is 5.91 Å². The molecule has 1 saturated heterocycles. The van der Waals surface area contributed by atoms with Gasteiger partial charge < -0.3 is 10.2 Å². The summed E-state index contributed by atoms with van der Waals surface area (Å²) in [4.78, 5) is 19.0. The van der Waals surface area contributed by atoms with Crippen LogP contribution in [0.15, 0.2) is 18.3 Å². The lowest BCUT2D eigenvalue weighted by molar-refractivity contribution is -0.131. The Hall–Kier alpha value is -1.42. The fourth-order valence-electron chi connectivity index (χ4n) is 2.94. The Bertz CT molecular complexity index is 455. The van der Waals surface area contributed by atoms with Gasteiger partial charge in [0.1, 0.15) is 0 Å². The van der Waals surface area contributed by atoms with E-state index >= 15 is 0 Å². The van der Waals surface area contributed by atoms with E-state index in [2.05, 4.69) is 17.2 Å². The first-order valence-electron chi connectivity index (χ1n) is 8.09. The molecule has 4 heteroatoms. The van der Waals surface area contributed by atoms with Crippen molar-refractivity contribution in [2.45, 2.75) is 39.5 Å². The van der Waals surface area contributed by atoms with Gasteiger partial charge in [-0.25, -0.2) is 0 Å². The van der Waals surface area contributed by atoms with Crippen LogP contribution in [-0.2, 0) is 11.2 Å². The number of amides is 1. The van der Waals surface area contributed by atoms with E-state index in [0.29, 0.717) is 12.3 Å². The highest BCUT2D eigenvalue weighted by Crippen LogP contribution is 2.14. The van der Waals surface area contributed by atoms with Crippen LogP contribution in [0.5, 0.6) is 0 Å². The highest BCUT2D eigenvalue weighted by Gasteiger charge is 2.21. The molecule has 1 fully saturated rings. The molecule has 1 aliphatic heterocycles. The molecular formula is C17H27N3O. The first-order chi connectivity index (χ1) is 10.2. The number of nitrogens with zero attached hydrogens (tertiary/aromatic N) is 2. The normalized spacial score (nSPS) is 18.5. The number of aromatic nitrogens is 1. The monoisotopic (exact) mass is 289 g/mol. The van der Waals surface area contributed by atoms with Crippen LogP contribution in [0, 0.1) is 12.8 Å². The second kappa shape index (κ2) is 8.13. The van der Waals surface area contributed by atoms with E-state index in [1.165, 1.54) is 12.8 Å². The Balaban J connectivity index is 1.96. The largest absolute Gasteiger partial charge is 0.342 e. The number of nitrogens with one attached hydrogen (secondary N) is 1. The van der Waals surface area contributed by atoms with Gasteiger partial charge in [-0.3, -0.25) is 9.78 Å². The van der Waals surface area contributed by atoms with E-state index in [1.54, 1.807) is 6.20 Å². The summed E-state index contributed by atoms with van der Waals surface area (Å²) in [5.74, 6) is 0.809. The van der Waals surface area contributed by atoms with Gasteiger partial charge in [0.2, 0.25) is 5.91 Å². The van der Waals surface area contributed by atoms with Crippen molar-refractivity contribution >= 4 is 5.91 Å². The maximum absolute atomic E-state index is 12.6. The number of rotatable bonds is 6. The van der Waals surface area contributed by atoms with Crippen molar-refractivity contribution in [2.75, 3.05) is 26.2 Å². The predicted octanol–water partition coefficient (Wildman–Crippen LogP) is 2.17. The molecule has 0 aliphatic carbocycles. The number of hydrogen-bond donors (Lipinski definition) is 1.